The Labute approximate surface area is 119 Å². The smallest absolute Gasteiger partial charge is 0.149 e. The first-order chi connectivity index (χ1) is 9.78. The van der Waals surface area contributed by atoms with E-state index in [0.717, 1.165) is 11.3 Å². The van der Waals surface area contributed by atoms with Crippen molar-refractivity contribution in [2.75, 3.05) is 7.11 Å². The van der Waals surface area contributed by atoms with Gasteiger partial charge in [0.25, 0.3) is 0 Å². The number of hydrogen-bond donors (Lipinski definition) is 0. The third kappa shape index (κ3) is 2.68. The zero-order valence-electron chi connectivity index (χ0n) is 11.6. The topological polar surface area (TPSA) is 21.8 Å². The molecule has 2 aromatic carbocycles. The number of rotatable bonds is 2. The lowest BCUT2D eigenvalue weighted by Gasteiger charge is -1.99. The first kappa shape index (κ1) is 12.8. The monoisotopic (exact) mass is 264 g/mol. The van der Waals surface area contributed by atoms with Gasteiger partial charge in [-0.15, -0.1) is 0 Å². The zero-order valence-corrected chi connectivity index (χ0v) is 11.6. The Balaban J connectivity index is 1.69. The molecule has 100 valence electrons. The molecule has 1 aliphatic heterocycles. The average Bonchev–Trinajstić information content (AvgIpc) is 3.25. The molecule has 1 saturated heterocycles. The van der Waals surface area contributed by atoms with Crippen molar-refractivity contribution in [3.8, 4) is 17.6 Å². The maximum Gasteiger partial charge on any atom is 0.149 e. The summed E-state index contributed by atoms with van der Waals surface area (Å²) in [5.41, 5.74) is 3.47. The van der Waals surface area contributed by atoms with Crippen LogP contribution >= 0.6 is 0 Å². The van der Waals surface area contributed by atoms with Gasteiger partial charge in [0, 0.05) is 5.56 Å². The molecule has 0 radical (unpaired) electrons. The largest absolute Gasteiger partial charge is 0.497 e. The van der Waals surface area contributed by atoms with Gasteiger partial charge in [0.05, 0.1) is 7.11 Å². The van der Waals surface area contributed by atoms with Crippen LogP contribution in [-0.2, 0) is 4.74 Å². The fourth-order valence-corrected chi connectivity index (χ4v) is 2.19. The number of epoxide rings is 1. The molecule has 2 heteroatoms. The Hall–Kier alpha value is -2.24. The maximum atomic E-state index is 5.65. The van der Waals surface area contributed by atoms with Gasteiger partial charge in [-0.3, -0.25) is 0 Å². The van der Waals surface area contributed by atoms with Crippen LogP contribution in [0.15, 0.2) is 48.5 Å². The van der Waals surface area contributed by atoms with E-state index in [-0.39, 0.29) is 12.2 Å². The number of aryl methyl sites for hydroxylation is 1. The van der Waals surface area contributed by atoms with Crippen LogP contribution in [-0.4, -0.2) is 13.2 Å². The molecule has 0 bridgehead atoms. The summed E-state index contributed by atoms with van der Waals surface area (Å²) in [6.45, 7) is 2.10. The van der Waals surface area contributed by atoms with Crippen molar-refractivity contribution in [1.82, 2.24) is 0 Å². The molecule has 1 aliphatic rings. The highest BCUT2D eigenvalue weighted by Crippen LogP contribution is 2.39. The molecule has 2 atom stereocenters. The van der Waals surface area contributed by atoms with Crippen molar-refractivity contribution < 1.29 is 9.47 Å². The van der Waals surface area contributed by atoms with Crippen LogP contribution in [0.2, 0.25) is 0 Å². The Morgan fingerprint density at radius 2 is 1.80 bits per heavy atom. The summed E-state index contributed by atoms with van der Waals surface area (Å²) in [6, 6.07) is 16.0. The predicted octanol–water partition coefficient (Wildman–Crippen LogP) is 3.50. The summed E-state index contributed by atoms with van der Waals surface area (Å²) in [5, 5.41) is 0. The van der Waals surface area contributed by atoms with Crippen molar-refractivity contribution in [1.29, 1.82) is 0 Å². The third-order valence-corrected chi connectivity index (χ3v) is 3.44. The van der Waals surface area contributed by atoms with Gasteiger partial charge in [0.15, 0.2) is 0 Å². The van der Waals surface area contributed by atoms with Crippen molar-refractivity contribution >= 4 is 0 Å². The molecule has 0 aliphatic carbocycles. The Kier molecular flexibility index (Phi) is 3.45. The fourth-order valence-electron chi connectivity index (χ4n) is 2.19. The molecule has 20 heavy (non-hydrogen) atoms. The fraction of sp³-hybridized carbons (Fsp3) is 0.222. The lowest BCUT2D eigenvalue weighted by molar-refractivity contribution is 0.396. The second kappa shape index (κ2) is 5.40. The van der Waals surface area contributed by atoms with Crippen molar-refractivity contribution in [2.45, 2.75) is 19.1 Å². The van der Waals surface area contributed by atoms with Gasteiger partial charge in [-0.1, -0.05) is 36.1 Å². The SMILES string of the molecule is COc1ccc(C#CC2OC2c2ccccc2C)cc1. The van der Waals surface area contributed by atoms with Crippen LogP contribution in [0.25, 0.3) is 0 Å². The minimum Gasteiger partial charge on any atom is -0.497 e. The summed E-state index contributed by atoms with van der Waals surface area (Å²) >= 11 is 0. The maximum absolute atomic E-state index is 5.65. The van der Waals surface area contributed by atoms with E-state index in [1.54, 1.807) is 7.11 Å². The summed E-state index contributed by atoms with van der Waals surface area (Å²) < 4.78 is 10.8. The molecule has 3 rings (SSSR count). The van der Waals surface area contributed by atoms with Gasteiger partial charge in [0.2, 0.25) is 0 Å². The van der Waals surface area contributed by atoms with Gasteiger partial charge in [-0.25, -0.2) is 0 Å². The molecule has 1 fully saturated rings. The van der Waals surface area contributed by atoms with Crippen molar-refractivity contribution in [3.63, 3.8) is 0 Å². The minimum atomic E-state index is 0.0122. The van der Waals surface area contributed by atoms with E-state index in [1.807, 2.05) is 36.4 Å². The van der Waals surface area contributed by atoms with E-state index >= 15 is 0 Å². The Morgan fingerprint density at radius 1 is 1.05 bits per heavy atom. The van der Waals surface area contributed by atoms with Crippen LogP contribution in [0, 0.1) is 18.8 Å². The highest BCUT2D eigenvalue weighted by Gasteiger charge is 2.39. The molecule has 2 aromatic rings. The van der Waals surface area contributed by atoms with Gasteiger partial charge >= 0.3 is 0 Å². The number of methoxy groups -OCH3 is 1. The lowest BCUT2D eigenvalue weighted by Crippen LogP contribution is -1.89. The Morgan fingerprint density at radius 3 is 2.50 bits per heavy atom. The van der Waals surface area contributed by atoms with Gasteiger partial charge in [0.1, 0.15) is 18.0 Å². The van der Waals surface area contributed by atoms with Crippen LogP contribution in [0.1, 0.15) is 22.8 Å². The van der Waals surface area contributed by atoms with E-state index in [1.165, 1.54) is 11.1 Å². The van der Waals surface area contributed by atoms with Crippen LogP contribution in [0.3, 0.4) is 0 Å². The van der Waals surface area contributed by atoms with E-state index in [9.17, 15) is 0 Å². The van der Waals surface area contributed by atoms with E-state index < -0.39 is 0 Å². The van der Waals surface area contributed by atoms with E-state index in [2.05, 4.69) is 30.9 Å². The summed E-state index contributed by atoms with van der Waals surface area (Å²) in [5.74, 6) is 7.16. The first-order valence-electron chi connectivity index (χ1n) is 6.64. The van der Waals surface area contributed by atoms with Gasteiger partial charge in [-0.2, -0.15) is 0 Å². The van der Waals surface area contributed by atoms with Crippen molar-refractivity contribution in [2.24, 2.45) is 0 Å². The molecular weight excluding hydrogens is 248 g/mol. The van der Waals surface area contributed by atoms with Crippen LogP contribution < -0.4 is 4.74 Å². The number of benzene rings is 2. The molecule has 0 N–H and O–H groups in total. The molecule has 0 saturated carbocycles. The van der Waals surface area contributed by atoms with E-state index in [0.29, 0.717) is 0 Å². The molecule has 0 amide bonds. The summed E-state index contributed by atoms with van der Waals surface area (Å²) in [7, 11) is 1.66. The zero-order chi connectivity index (χ0) is 13.9. The van der Waals surface area contributed by atoms with Gasteiger partial charge < -0.3 is 9.47 Å². The first-order valence-corrected chi connectivity index (χ1v) is 6.64. The van der Waals surface area contributed by atoms with Crippen LogP contribution in [0.4, 0.5) is 0 Å². The van der Waals surface area contributed by atoms with Crippen LogP contribution in [0.5, 0.6) is 5.75 Å². The summed E-state index contributed by atoms with van der Waals surface area (Å²) in [6.07, 6.45) is 0.139. The summed E-state index contributed by atoms with van der Waals surface area (Å²) in [4.78, 5) is 0. The second-order valence-electron chi connectivity index (χ2n) is 4.83. The molecule has 0 spiro atoms. The third-order valence-electron chi connectivity index (χ3n) is 3.44. The standard InChI is InChI=1S/C18H16O2/c1-13-5-3-4-6-16(13)18-17(20-18)12-9-14-7-10-15(19-2)11-8-14/h3-8,10-11,17-18H,1-2H3. The predicted molar refractivity (Wildman–Crippen MR) is 78.7 cm³/mol. The highest BCUT2D eigenvalue weighted by molar-refractivity contribution is 5.41. The van der Waals surface area contributed by atoms with E-state index in [4.69, 9.17) is 9.47 Å². The molecule has 1 heterocycles. The number of ether oxygens (including phenoxy) is 2. The minimum absolute atomic E-state index is 0.0122. The molecular formula is C18H16O2. The molecule has 0 aromatic heterocycles. The highest BCUT2D eigenvalue weighted by atomic mass is 16.6. The van der Waals surface area contributed by atoms with Crippen molar-refractivity contribution in [3.05, 3.63) is 65.2 Å². The quantitative estimate of drug-likeness (QED) is 0.611. The average molecular weight is 264 g/mol. The number of hydrogen-bond acceptors (Lipinski definition) is 2. The Bertz CT molecular complexity index is 662. The lowest BCUT2D eigenvalue weighted by atomic mass is 10.0. The second-order valence-corrected chi connectivity index (χ2v) is 4.83. The normalized spacial score (nSPS) is 19.9. The molecule has 2 unspecified atom stereocenters. The van der Waals surface area contributed by atoms with Gasteiger partial charge in [-0.05, 0) is 42.3 Å². The molecule has 2 nitrogen and oxygen atoms in total.